The van der Waals surface area contributed by atoms with E-state index in [0.29, 0.717) is 6.42 Å². The number of nitrogens with two attached hydrogens (primary N) is 1. The fraction of sp³-hybridized carbons (Fsp3) is 0.467. The maximum Gasteiger partial charge on any atom is 0.341 e. The molecule has 2 N–H and O–H groups in total. The highest BCUT2D eigenvalue weighted by Gasteiger charge is 2.35. The molecule has 0 unspecified atom stereocenters. The van der Waals surface area contributed by atoms with Crippen LogP contribution in [0.1, 0.15) is 23.7 Å². The monoisotopic (exact) mass is 358 g/mol. The second-order valence-corrected chi connectivity index (χ2v) is 8.01. The molecule has 1 aromatic rings. The van der Waals surface area contributed by atoms with E-state index in [-0.39, 0.29) is 22.8 Å². The summed E-state index contributed by atoms with van der Waals surface area (Å²) >= 11 is 0. The number of nitrogens with zero attached hydrogens (tertiary/aromatic N) is 1. The summed E-state index contributed by atoms with van der Waals surface area (Å²) in [7, 11) is -1.65. The lowest BCUT2D eigenvalue weighted by Crippen LogP contribution is -2.44. The van der Waals surface area contributed by atoms with Crippen molar-refractivity contribution in [2.24, 2.45) is 0 Å². The summed E-state index contributed by atoms with van der Waals surface area (Å²) in [5, 5.41) is 0. The molecule has 0 aliphatic carbocycles. The summed E-state index contributed by atoms with van der Waals surface area (Å²) in [6, 6.07) is 2.80. The molecule has 1 amide bonds. The largest absolute Gasteiger partial charge is 0.449 e. The Labute approximate surface area is 139 Å². The third-order valence-electron chi connectivity index (χ3n) is 3.97. The number of sulfone groups is 1. The molecule has 1 saturated heterocycles. The van der Waals surface area contributed by atoms with E-state index in [9.17, 15) is 22.4 Å². The lowest BCUT2D eigenvalue weighted by atomic mass is 10.1. The zero-order chi connectivity index (χ0) is 18.1. The molecule has 2 atom stereocenters. The number of likely N-dealkylation sites (N-methyl/N-ethyl adjacent to an activating group) is 1. The van der Waals surface area contributed by atoms with Gasteiger partial charge in [-0.2, -0.15) is 0 Å². The molecule has 1 heterocycles. The highest BCUT2D eigenvalue weighted by molar-refractivity contribution is 7.91. The number of amides is 1. The standard InChI is InChI=1S/C15H19FN2O5S/c1-9(14(19)18(2)11-5-6-24(21,22)8-11)23-15(20)12-4-3-10(16)7-13(12)17/h3-4,7,9,11H,5-6,8,17H2,1-2H3/t9-,11-/m1/s1. The van der Waals surface area contributed by atoms with Crippen molar-refractivity contribution in [3.05, 3.63) is 29.6 Å². The molecule has 1 aliphatic heterocycles. The van der Waals surface area contributed by atoms with Gasteiger partial charge in [-0.05, 0) is 31.5 Å². The van der Waals surface area contributed by atoms with E-state index in [2.05, 4.69) is 0 Å². The first-order valence-corrected chi connectivity index (χ1v) is 9.16. The minimum absolute atomic E-state index is 0.0373. The predicted molar refractivity (Wildman–Crippen MR) is 85.5 cm³/mol. The van der Waals surface area contributed by atoms with Gasteiger partial charge in [-0.3, -0.25) is 4.79 Å². The molecular formula is C15H19FN2O5S. The summed E-state index contributed by atoms with van der Waals surface area (Å²) in [4.78, 5) is 25.6. The predicted octanol–water partition coefficient (Wildman–Crippen LogP) is 0.599. The smallest absolute Gasteiger partial charge is 0.341 e. The molecule has 0 spiro atoms. The van der Waals surface area contributed by atoms with Crippen molar-refractivity contribution in [2.45, 2.75) is 25.5 Å². The van der Waals surface area contributed by atoms with Gasteiger partial charge in [0, 0.05) is 18.8 Å². The van der Waals surface area contributed by atoms with Crippen molar-refractivity contribution in [2.75, 3.05) is 24.3 Å². The number of nitrogen functional groups attached to an aromatic ring is 1. The number of carbonyl (C=O) groups is 2. The first kappa shape index (κ1) is 18.2. The number of carbonyl (C=O) groups excluding carboxylic acids is 2. The van der Waals surface area contributed by atoms with Gasteiger partial charge in [0.2, 0.25) is 0 Å². The lowest BCUT2D eigenvalue weighted by molar-refractivity contribution is -0.140. The number of halogens is 1. The van der Waals surface area contributed by atoms with Crippen LogP contribution in [0.25, 0.3) is 0 Å². The van der Waals surface area contributed by atoms with Gasteiger partial charge in [0.25, 0.3) is 5.91 Å². The van der Waals surface area contributed by atoms with E-state index in [1.807, 2.05) is 0 Å². The number of ether oxygens (including phenoxy) is 1. The van der Waals surface area contributed by atoms with Crippen molar-refractivity contribution in [1.29, 1.82) is 0 Å². The Bertz CT molecular complexity index is 765. The molecular weight excluding hydrogens is 339 g/mol. The van der Waals surface area contributed by atoms with Crippen LogP contribution in [0.5, 0.6) is 0 Å². The zero-order valence-corrected chi connectivity index (χ0v) is 14.2. The van der Waals surface area contributed by atoms with Crippen LogP contribution in [0.2, 0.25) is 0 Å². The molecule has 9 heteroatoms. The highest BCUT2D eigenvalue weighted by Crippen LogP contribution is 2.19. The number of anilines is 1. The van der Waals surface area contributed by atoms with Gasteiger partial charge in [-0.15, -0.1) is 0 Å². The van der Waals surface area contributed by atoms with Crippen LogP contribution in [0.15, 0.2) is 18.2 Å². The van der Waals surface area contributed by atoms with E-state index in [0.717, 1.165) is 12.1 Å². The van der Waals surface area contributed by atoms with E-state index in [1.54, 1.807) is 0 Å². The van der Waals surface area contributed by atoms with Gasteiger partial charge >= 0.3 is 5.97 Å². The summed E-state index contributed by atoms with van der Waals surface area (Å²) in [6.45, 7) is 1.39. The van der Waals surface area contributed by atoms with E-state index in [1.165, 1.54) is 24.9 Å². The Morgan fingerprint density at radius 2 is 2.08 bits per heavy atom. The van der Waals surface area contributed by atoms with Crippen LogP contribution < -0.4 is 5.73 Å². The topological polar surface area (TPSA) is 107 Å². The molecule has 0 radical (unpaired) electrons. The number of esters is 1. The molecule has 0 bridgehead atoms. The second-order valence-electron chi connectivity index (χ2n) is 5.79. The van der Waals surface area contributed by atoms with Crippen molar-refractivity contribution < 1.29 is 27.1 Å². The first-order valence-electron chi connectivity index (χ1n) is 7.34. The van der Waals surface area contributed by atoms with E-state index < -0.39 is 39.7 Å². The van der Waals surface area contributed by atoms with Crippen LogP contribution in [-0.2, 0) is 19.4 Å². The van der Waals surface area contributed by atoms with Gasteiger partial charge in [-0.25, -0.2) is 17.6 Å². The molecule has 1 aromatic carbocycles. The Balaban J connectivity index is 2.02. The fourth-order valence-corrected chi connectivity index (χ4v) is 4.32. The maximum atomic E-state index is 13.0. The molecule has 0 saturated carbocycles. The van der Waals surface area contributed by atoms with Crippen molar-refractivity contribution in [3.8, 4) is 0 Å². The minimum atomic E-state index is -3.13. The zero-order valence-electron chi connectivity index (χ0n) is 13.4. The number of benzene rings is 1. The molecule has 1 fully saturated rings. The average molecular weight is 358 g/mol. The summed E-state index contributed by atoms with van der Waals surface area (Å²) in [5.41, 5.74) is 5.43. The number of hydrogen-bond acceptors (Lipinski definition) is 6. The first-order chi connectivity index (χ1) is 11.1. The van der Waals surface area contributed by atoms with E-state index in [4.69, 9.17) is 10.5 Å². The summed E-state index contributed by atoms with van der Waals surface area (Å²) in [5.74, 6) is -2.00. The van der Waals surface area contributed by atoms with E-state index >= 15 is 0 Å². The van der Waals surface area contributed by atoms with Crippen molar-refractivity contribution >= 4 is 27.4 Å². The second kappa shape index (κ2) is 6.76. The molecule has 0 aromatic heterocycles. The van der Waals surface area contributed by atoms with Gasteiger partial charge in [0.1, 0.15) is 5.82 Å². The normalized spacial score (nSPS) is 20.4. The molecule has 132 valence electrons. The third-order valence-corrected chi connectivity index (χ3v) is 5.72. The van der Waals surface area contributed by atoms with Crippen LogP contribution in [0, 0.1) is 5.82 Å². The van der Waals surface area contributed by atoms with Crippen LogP contribution in [-0.4, -0.2) is 55.9 Å². The fourth-order valence-electron chi connectivity index (χ4n) is 2.54. The summed E-state index contributed by atoms with van der Waals surface area (Å²) < 4.78 is 41.1. The number of rotatable bonds is 4. The Morgan fingerprint density at radius 3 is 2.62 bits per heavy atom. The molecule has 2 rings (SSSR count). The van der Waals surface area contributed by atoms with Gasteiger partial charge < -0.3 is 15.4 Å². The van der Waals surface area contributed by atoms with Crippen LogP contribution in [0.4, 0.5) is 10.1 Å². The van der Waals surface area contributed by atoms with Crippen LogP contribution >= 0.6 is 0 Å². The Kier molecular flexibility index (Phi) is 5.12. The Morgan fingerprint density at radius 1 is 1.42 bits per heavy atom. The van der Waals surface area contributed by atoms with Gasteiger partial charge in [-0.1, -0.05) is 0 Å². The van der Waals surface area contributed by atoms with Gasteiger partial charge in [0.05, 0.1) is 17.1 Å². The average Bonchev–Trinajstić information content (AvgIpc) is 2.85. The molecule has 1 aliphatic rings. The lowest BCUT2D eigenvalue weighted by Gasteiger charge is -2.26. The quantitative estimate of drug-likeness (QED) is 0.624. The molecule has 7 nitrogen and oxygen atoms in total. The Hall–Kier alpha value is -2.16. The van der Waals surface area contributed by atoms with Gasteiger partial charge in [0.15, 0.2) is 15.9 Å². The molecule has 24 heavy (non-hydrogen) atoms. The SMILES string of the molecule is C[C@@H](OC(=O)c1ccc(F)cc1N)C(=O)N(C)[C@@H]1CCS(=O)(=O)C1. The minimum Gasteiger partial charge on any atom is -0.449 e. The van der Waals surface area contributed by atoms with Crippen molar-refractivity contribution in [3.63, 3.8) is 0 Å². The summed E-state index contributed by atoms with van der Waals surface area (Å²) in [6.07, 6.45) is -0.758. The highest BCUT2D eigenvalue weighted by atomic mass is 32.2. The van der Waals surface area contributed by atoms with Crippen LogP contribution in [0.3, 0.4) is 0 Å². The number of hydrogen-bond donors (Lipinski definition) is 1. The maximum absolute atomic E-state index is 13.0. The third kappa shape index (κ3) is 4.02. The van der Waals surface area contributed by atoms with Crippen molar-refractivity contribution in [1.82, 2.24) is 4.90 Å².